The molecule has 0 spiro atoms. The Balaban J connectivity index is 1.76. The molecule has 2 amide bonds. The molecule has 6 nitrogen and oxygen atoms in total. The molecule has 0 atom stereocenters. The standard InChI is InChI=1S/C18H29N3O3S/c1-4-6-16-20-13(3)15(25-16)11-19-18(23)14-7-9-21(10-8-14)17(22)12-24-5-2/h14H,4-12H2,1-3H3,(H,19,23). The predicted octanol–water partition coefficient (Wildman–Crippen LogP) is 2.30. The van der Waals surface area contributed by atoms with Crippen LogP contribution in [0.4, 0.5) is 0 Å². The highest BCUT2D eigenvalue weighted by molar-refractivity contribution is 7.11. The first-order chi connectivity index (χ1) is 12.0. The fourth-order valence-electron chi connectivity index (χ4n) is 2.96. The van der Waals surface area contributed by atoms with Crippen LogP contribution in [-0.4, -0.2) is 48.0 Å². The Morgan fingerprint density at radius 1 is 1.32 bits per heavy atom. The van der Waals surface area contributed by atoms with Crippen molar-refractivity contribution in [1.82, 2.24) is 15.2 Å². The number of aryl methyl sites for hydroxylation is 2. The molecule has 0 aliphatic carbocycles. The van der Waals surface area contributed by atoms with Gasteiger partial charge in [0.1, 0.15) is 6.61 Å². The van der Waals surface area contributed by atoms with Crippen molar-refractivity contribution in [2.45, 2.75) is 53.0 Å². The number of ether oxygens (including phenoxy) is 1. The molecule has 0 aromatic carbocycles. The molecule has 0 bridgehead atoms. The van der Waals surface area contributed by atoms with Gasteiger partial charge < -0.3 is 15.0 Å². The van der Waals surface area contributed by atoms with E-state index in [-0.39, 0.29) is 24.3 Å². The molecular formula is C18H29N3O3S. The van der Waals surface area contributed by atoms with Crippen molar-refractivity contribution in [3.8, 4) is 0 Å². The minimum absolute atomic E-state index is 0.0144. The number of amides is 2. The summed E-state index contributed by atoms with van der Waals surface area (Å²) in [5, 5.41) is 4.19. The maximum absolute atomic E-state index is 12.4. The van der Waals surface area contributed by atoms with Crippen molar-refractivity contribution < 1.29 is 14.3 Å². The maximum Gasteiger partial charge on any atom is 0.248 e. The van der Waals surface area contributed by atoms with Gasteiger partial charge in [-0.05, 0) is 39.5 Å². The number of carbonyl (C=O) groups excluding carboxylic acids is 2. The summed E-state index contributed by atoms with van der Waals surface area (Å²) < 4.78 is 5.17. The van der Waals surface area contributed by atoms with Gasteiger partial charge in [-0.1, -0.05) is 6.92 Å². The van der Waals surface area contributed by atoms with Gasteiger partial charge in [0.25, 0.3) is 0 Å². The van der Waals surface area contributed by atoms with Gasteiger partial charge in [0.05, 0.1) is 17.2 Å². The van der Waals surface area contributed by atoms with Gasteiger partial charge in [0.2, 0.25) is 11.8 Å². The first-order valence-corrected chi connectivity index (χ1v) is 9.95. The normalized spacial score (nSPS) is 15.4. The number of piperidine rings is 1. The van der Waals surface area contributed by atoms with E-state index in [9.17, 15) is 9.59 Å². The van der Waals surface area contributed by atoms with Crippen LogP contribution in [0.2, 0.25) is 0 Å². The highest BCUT2D eigenvalue weighted by atomic mass is 32.1. The van der Waals surface area contributed by atoms with Gasteiger partial charge in [-0.2, -0.15) is 0 Å². The number of carbonyl (C=O) groups is 2. The second-order valence-corrected chi connectivity index (χ2v) is 7.54. The largest absolute Gasteiger partial charge is 0.372 e. The Labute approximate surface area is 154 Å². The monoisotopic (exact) mass is 367 g/mol. The second-order valence-electron chi connectivity index (χ2n) is 6.38. The average molecular weight is 368 g/mol. The quantitative estimate of drug-likeness (QED) is 0.765. The van der Waals surface area contributed by atoms with Crippen LogP contribution in [0.1, 0.15) is 48.7 Å². The van der Waals surface area contributed by atoms with Crippen molar-refractivity contribution in [3.63, 3.8) is 0 Å². The van der Waals surface area contributed by atoms with E-state index in [4.69, 9.17) is 4.74 Å². The van der Waals surface area contributed by atoms with Crippen LogP contribution in [0.15, 0.2) is 0 Å². The highest BCUT2D eigenvalue weighted by Gasteiger charge is 2.27. The predicted molar refractivity (Wildman–Crippen MR) is 98.5 cm³/mol. The first-order valence-electron chi connectivity index (χ1n) is 9.13. The third-order valence-electron chi connectivity index (χ3n) is 4.47. The molecule has 1 aliphatic heterocycles. The van der Waals surface area contributed by atoms with E-state index in [1.165, 1.54) is 0 Å². The van der Waals surface area contributed by atoms with E-state index < -0.39 is 0 Å². The lowest BCUT2D eigenvalue weighted by atomic mass is 9.96. The molecule has 0 radical (unpaired) electrons. The lowest BCUT2D eigenvalue weighted by molar-refractivity contribution is -0.139. The number of hydrogen-bond donors (Lipinski definition) is 1. The topological polar surface area (TPSA) is 71.5 Å². The molecule has 1 N–H and O–H groups in total. The summed E-state index contributed by atoms with van der Waals surface area (Å²) in [5.41, 5.74) is 1.02. The van der Waals surface area contributed by atoms with E-state index >= 15 is 0 Å². The third kappa shape index (κ3) is 5.78. The van der Waals surface area contributed by atoms with Crippen LogP contribution >= 0.6 is 11.3 Å². The zero-order valence-electron chi connectivity index (χ0n) is 15.5. The summed E-state index contributed by atoms with van der Waals surface area (Å²) in [6.07, 6.45) is 3.51. The second kappa shape index (κ2) is 9.87. The summed E-state index contributed by atoms with van der Waals surface area (Å²) in [6, 6.07) is 0. The summed E-state index contributed by atoms with van der Waals surface area (Å²) in [5.74, 6) is 0.0886. The molecule has 1 aromatic heterocycles. The van der Waals surface area contributed by atoms with Gasteiger partial charge in [-0.3, -0.25) is 9.59 Å². The minimum atomic E-state index is -0.0144. The summed E-state index contributed by atoms with van der Waals surface area (Å²) in [4.78, 5) is 31.8. The molecule has 2 heterocycles. The number of nitrogens with zero attached hydrogens (tertiary/aromatic N) is 2. The van der Waals surface area contributed by atoms with Gasteiger partial charge >= 0.3 is 0 Å². The van der Waals surface area contributed by atoms with Crippen molar-refractivity contribution in [3.05, 3.63) is 15.6 Å². The fraction of sp³-hybridized carbons (Fsp3) is 0.722. The van der Waals surface area contributed by atoms with Crippen LogP contribution in [0, 0.1) is 12.8 Å². The number of hydrogen-bond acceptors (Lipinski definition) is 5. The Morgan fingerprint density at radius 2 is 2.04 bits per heavy atom. The Hall–Kier alpha value is -1.47. The van der Waals surface area contributed by atoms with Gasteiger partial charge in [-0.15, -0.1) is 11.3 Å². The average Bonchev–Trinajstić information content (AvgIpc) is 2.97. The van der Waals surface area contributed by atoms with E-state index in [1.807, 2.05) is 13.8 Å². The van der Waals surface area contributed by atoms with E-state index in [0.29, 0.717) is 39.1 Å². The number of likely N-dealkylation sites (tertiary alicyclic amines) is 1. The third-order valence-corrected chi connectivity index (χ3v) is 5.69. The van der Waals surface area contributed by atoms with Crippen LogP contribution < -0.4 is 5.32 Å². The molecule has 25 heavy (non-hydrogen) atoms. The number of thiazole rings is 1. The van der Waals surface area contributed by atoms with Crippen molar-refractivity contribution in [2.75, 3.05) is 26.3 Å². The number of aromatic nitrogens is 1. The Kier molecular flexibility index (Phi) is 7.84. The molecule has 0 saturated carbocycles. The highest BCUT2D eigenvalue weighted by Crippen LogP contribution is 2.21. The van der Waals surface area contributed by atoms with Crippen LogP contribution in [0.5, 0.6) is 0 Å². The van der Waals surface area contributed by atoms with E-state index in [0.717, 1.165) is 28.4 Å². The first kappa shape index (κ1) is 19.8. The smallest absolute Gasteiger partial charge is 0.248 e. The van der Waals surface area contributed by atoms with Gasteiger partial charge in [0.15, 0.2) is 0 Å². The molecule has 140 valence electrons. The molecule has 0 unspecified atom stereocenters. The molecule has 1 saturated heterocycles. The zero-order valence-corrected chi connectivity index (χ0v) is 16.3. The molecule has 1 aliphatic rings. The SMILES string of the molecule is CCCc1nc(C)c(CNC(=O)C2CCN(C(=O)COCC)CC2)s1. The van der Waals surface area contributed by atoms with Crippen LogP contribution in [0.25, 0.3) is 0 Å². The van der Waals surface area contributed by atoms with Gasteiger partial charge in [-0.25, -0.2) is 4.98 Å². The van der Waals surface area contributed by atoms with E-state index in [1.54, 1.807) is 16.2 Å². The molecular weight excluding hydrogens is 338 g/mol. The van der Waals surface area contributed by atoms with E-state index in [2.05, 4.69) is 17.2 Å². The lowest BCUT2D eigenvalue weighted by Gasteiger charge is -2.31. The minimum Gasteiger partial charge on any atom is -0.372 e. The van der Waals surface area contributed by atoms with Crippen LogP contribution in [-0.2, 0) is 27.3 Å². The van der Waals surface area contributed by atoms with Gasteiger partial charge in [0, 0.05) is 30.5 Å². The fourth-order valence-corrected chi connectivity index (χ4v) is 4.07. The Morgan fingerprint density at radius 3 is 2.68 bits per heavy atom. The zero-order chi connectivity index (χ0) is 18.2. The summed E-state index contributed by atoms with van der Waals surface area (Å²) in [6.45, 7) is 8.51. The van der Waals surface area contributed by atoms with Crippen molar-refractivity contribution in [2.24, 2.45) is 5.92 Å². The molecule has 1 aromatic rings. The van der Waals surface area contributed by atoms with Crippen LogP contribution in [0.3, 0.4) is 0 Å². The summed E-state index contributed by atoms with van der Waals surface area (Å²) >= 11 is 1.69. The summed E-state index contributed by atoms with van der Waals surface area (Å²) in [7, 11) is 0. The van der Waals surface area contributed by atoms with Crippen molar-refractivity contribution >= 4 is 23.2 Å². The molecule has 2 rings (SSSR count). The number of nitrogens with one attached hydrogen (secondary N) is 1. The lowest BCUT2D eigenvalue weighted by Crippen LogP contribution is -2.44. The maximum atomic E-state index is 12.4. The molecule has 7 heteroatoms. The Bertz CT molecular complexity index is 580. The van der Waals surface area contributed by atoms with Crippen molar-refractivity contribution in [1.29, 1.82) is 0 Å². The number of rotatable bonds is 8. The molecule has 1 fully saturated rings.